The molecule has 0 radical (unpaired) electrons. The number of aromatic carboxylic acids is 1. The van der Waals surface area contributed by atoms with Crippen molar-refractivity contribution in [3.8, 4) is 17.0 Å². The summed E-state index contributed by atoms with van der Waals surface area (Å²) in [6.45, 7) is 3.78. The van der Waals surface area contributed by atoms with E-state index in [2.05, 4.69) is 15.5 Å². The van der Waals surface area contributed by atoms with Crippen LogP contribution in [0.2, 0.25) is 5.02 Å². The van der Waals surface area contributed by atoms with Crippen LogP contribution in [0.25, 0.3) is 27.9 Å². The normalized spacial score (nSPS) is 11.2. The standard InChI is InChI=1S/C19H15ClN4O3/c1-3-15-17(19(25)26)21-23-24(15)16-9-13-14(8-10(16)2)22-27-18(13)11-4-6-12(20)7-5-11/h4-9H,3H2,1-2H3,(H,25,26). The van der Waals surface area contributed by atoms with Crippen LogP contribution < -0.4 is 0 Å². The molecule has 0 fully saturated rings. The zero-order valence-electron chi connectivity index (χ0n) is 14.6. The third kappa shape index (κ3) is 2.86. The summed E-state index contributed by atoms with van der Waals surface area (Å²) < 4.78 is 7.12. The fraction of sp³-hybridized carbons (Fsp3) is 0.158. The molecule has 0 saturated carbocycles. The summed E-state index contributed by atoms with van der Waals surface area (Å²) in [6, 6.07) is 11.1. The first kappa shape index (κ1) is 17.2. The number of aryl methyl sites for hydroxylation is 1. The lowest BCUT2D eigenvalue weighted by molar-refractivity contribution is 0.0689. The van der Waals surface area contributed by atoms with Gasteiger partial charge in [0.05, 0.1) is 16.8 Å². The molecule has 0 aliphatic carbocycles. The quantitative estimate of drug-likeness (QED) is 0.565. The van der Waals surface area contributed by atoms with Gasteiger partial charge in [0.15, 0.2) is 11.5 Å². The Kier molecular flexibility index (Phi) is 4.16. The Morgan fingerprint density at radius 1 is 1.26 bits per heavy atom. The molecule has 2 aromatic carbocycles. The molecule has 0 spiro atoms. The molecule has 0 aliphatic heterocycles. The van der Waals surface area contributed by atoms with Crippen molar-refractivity contribution in [2.75, 3.05) is 0 Å². The fourth-order valence-electron chi connectivity index (χ4n) is 3.10. The largest absolute Gasteiger partial charge is 0.476 e. The average molecular weight is 383 g/mol. The maximum Gasteiger partial charge on any atom is 0.358 e. The molecule has 27 heavy (non-hydrogen) atoms. The Morgan fingerprint density at radius 3 is 2.67 bits per heavy atom. The second kappa shape index (κ2) is 6.51. The number of carbonyl (C=O) groups is 1. The topological polar surface area (TPSA) is 94.0 Å². The lowest BCUT2D eigenvalue weighted by atomic mass is 10.1. The van der Waals surface area contributed by atoms with Gasteiger partial charge in [0.25, 0.3) is 0 Å². The fourth-order valence-corrected chi connectivity index (χ4v) is 3.22. The highest BCUT2D eigenvalue weighted by Crippen LogP contribution is 2.32. The van der Waals surface area contributed by atoms with E-state index in [-0.39, 0.29) is 5.69 Å². The zero-order chi connectivity index (χ0) is 19.1. The van der Waals surface area contributed by atoms with E-state index in [0.29, 0.717) is 28.4 Å². The number of aromatic nitrogens is 4. The number of benzene rings is 2. The highest BCUT2D eigenvalue weighted by Gasteiger charge is 2.21. The van der Waals surface area contributed by atoms with Gasteiger partial charge in [0.2, 0.25) is 0 Å². The molecule has 8 heteroatoms. The van der Waals surface area contributed by atoms with Crippen LogP contribution in [-0.2, 0) is 6.42 Å². The number of fused-ring (bicyclic) bond motifs is 1. The van der Waals surface area contributed by atoms with Gasteiger partial charge >= 0.3 is 5.97 Å². The summed E-state index contributed by atoms with van der Waals surface area (Å²) in [4.78, 5) is 11.4. The molecule has 4 aromatic rings. The van der Waals surface area contributed by atoms with Crippen LogP contribution in [0.5, 0.6) is 0 Å². The van der Waals surface area contributed by atoms with E-state index in [0.717, 1.165) is 22.2 Å². The van der Waals surface area contributed by atoms with Gasteiger partial charge in [0, 0.05) is 10.6 Å². The molecule has 0 atom stereocenters. The Hall–Kier alpha value is -3.19. The van der Waals surface area contributed by atoms with Crippen LogP contribution >= 0.6 is 11.6 Å². The predicted octanol–water partition coefficient (Wildman–Crippen LogP) is 4.30. The van der Waals surface area contributed by atoms with Crippen molar-refractivity contribution in [1.82, 2.24) is 20.2 Å². The van der Waals surface area contributed by atoms with Gasteiger partial charge < -0.3 is 9.63 Å². The smallest absolute Gasteiger partial charge is 0.358 e. The van der Waals surface area contributed by atoms with Crippen LogP contribution in [-0.4, -0.2) is 31.2 Å². The Balaban J connectivity index is 1.92. The molecule has 0 amide bonds. The lowest BCUT2D eigenvalue weighted by Crippen LogP contribution is -2.07. The molecule has 7 nitrogen and oxygen atoms in total. The van der Waals surface area contributed by atoms with E-state index in [1.165, 1.54) is 0 Å². The number of halogens is 1. The van der Waals surface area contributed by atoms with E-state index in [4.69, 9.17) is 16.1 Å². The van der Waals surface area contributed by atoms with Crippen molar-refractivity contribution in [2.24, 2.45) is 0 Å². The van der Waals surface area contributed by atoms with Crippen molar-refractivity contribution >= 4 is 28.5 Å². The van der Waals surface area contributed by atoms with Crippen molar-refractivity contribution in [2.45, 2.75) is 20.3 Å². The molecule has 1 N–H and O–H groups in total. The van der Waals surface area contributed by atoms with Gasteiger partial charge in [-0.1, -0.05) is 28.9 Å². The van der Waals surface area contributed by atoms with Gasteiger partial charge in [0.1, 0.15) is 5.52 Å². The van der Waals surface area contributed by atoms with E-state index in [9.17, 15) is 9.90 Å². The first-order chi connectivity index (χ1) is 13.0. The number of hydrogen-bond acceptors (Lipinski definition) is 5. The minimum absolute atomic E-state index is 0.0414. The monoisotopic (exact) mass is 382 g/mol. The van der Waals surface area contributed by atoms with Crippen LogP contribution in [0.4, 0.5) is 0 Å². The maximum atomic E-state index is 11.4. The Bertz CT molecular complexity index is 1160. The molecular formula is C19H15ClN4O3. The molecule has 0 unspecified atom stereocenters. The molecule has 136 valence electrons. The van der Waals surface area contributed by atoms with Crippen LogP contribution in [0.15, 0.2) is 40.9 Å². The van der Waals surface area contributed by atoms with Crippen molar-refractivity contribution in [3.63, 3.8) is 0 Å². The first-order valence-corrected chi connectivity index (χ1v) is 8.71. The number of rotatable bonds is 4. The molecule has 2 heterocycles. The van der Waals surface area contributed by atoms with E-state index >= 15 is 0 Å². The molecule has 2 aromatic heterocycles. The lowest BCUT2D eigenvalue weighted by Gasteiger charge is -2.09. The maximum absolute atomic E-state index is 11.4. The Labute approximate surface area is 159 Å². The second-order valence-electron chi connectivity index (χ2n) is 6.13. The number of carboxylic acids is 1. The van der Waals surface area contributed by atoms with Gasteiger partial charge in [-0.2, -0.15) is 0 Å². The second-order valence-corrected chi connectivity index (χ2v) is 6.57. The molecule has 0 aliphatic rings. The molecule has 0 saturated heterocycles. The number of carboxylic acid groups (broad SMARTS) is 1. The van der Waals surface area contributed by atoms with E-state index in [1.807, 2.05) is 38.1 Å². The molecule has 4 rings (SSSR count). The minimum Gasteiger partial charge on any atom is -0.476 e. The summed E-state index contributed by atoms with van der Waals surface area (Å²) in [5.74, 6) is -0.483. The van der Waals surface area contributed by atoms with Gasteiger partial charge in [-0.05, 0) is 55.3 Å². The van der Waals surface area contributed by atoms with Gasteiger partial charge in [-0.3, -0.25) is 0 Å². The highest BCUT2D eigenvalue weighted by atomic mass is 35.5. The van der Waals surface area contributed by atoms with E-state index < -0.39 is 5.97 Å². The zero-order valence-corrected chi connectivity index (χ0v) is 15.4. The van der Waals surface area contributed by atoms with Crippen LogP contribution in [0.1, 0.15) is 28.7 Å². The SMILES string of the molecule is CCc1c(C(=O)O)nnn1-c1cc2c(-c3ccc(Cl)cc3)onc2cc1C. The summed E-state index contributed by atoms with van der Waals surface area (Å²) >= 11 is 5.97. The van der Waals surface area contributed by atoms with Crippen molar-refractivity contribution in [3.05, 3.63) is 58.4 Å². The number of hydrogen-bond donors (Lipinski definition) is 1. The van der Waals surface area contributed by atoms with Crippen molar-refractivity contribution in [1.29, 1.82) is 0 Å². The van der Waals surface area contributed by atoms with E-state index in [1.54, 1.807) is 16.8 Å². The highest BCUT2D eigenvalue weighted by molar-refractivity contribution is 6.30. The van der Waals surface area contributed by atoms with Crippen LogP contribution in [0.3, 0.4) is 0 Å². The molecular weight excluding hydrogens is 368 g/mol. The minimum atomic E-state index is -1.09. The van der Waals surface area contributed by atoms with Gasteiger partial charge in [-0.15, -0.1) is 5.10 Å². The molecule has 0 bridgehead atoms. The number of nitrogens with zero attached hydrogens (tertiary/aromatic N) is 4. The summed E-state index contributed by atoms with van der Waals surface area (Å²) in [5, 5.41) is 22.8. The third-order valence-corrected chi connectivity index (χ3v) is 4.68. The summed E-state index contributed by atoms with van der Waals surface area (Å²) in [7, 11) is 0. The average Bonchev–Trinajstić information content (AvgIpc) is 3.25. The Morgan fingerprint density at radius 2 is 2.00 bits per heavy atom. The van der Waals surface area contributed by atoms with Gasteiger partial charge in [-0.25, -0.2) is 9.48 Å². The predicted molar refractivity (Wildman–Crippen MR) is 100 cm³/mol. The first-order valence-electron chi connectivity index (χ1n) is 8.33. The van der Waals surface area contributed by atoms with Crippen LogP contribution in [0, 0.1) is 6.92 Å². The summed E-state index contributed by atoms with van der Waals surface area (Å²) in [5.41, 5.74) is 3.66. The van der Waals surface area contributed by atoms with Crippen molar-refractivity contribution < 1.29 is 14.4 Å². The summed E-state index contributed by atoms with van der Waals surface area (Å²) in [6.07, 6.45) is 0.486. The third-order valence-electron chi connectivity index (χ3n) is 4.43.